The monoisotopic (exact) mass is 538 g/mol. The molecule has 1 heterocycles. The van der Waals surface area contributed by atoms with Gasteiger partial charge in [-0.1, -0.05) is 18.2 Å². The highest BCUT2D eigenvalue weighted by atomic mass is 32.2. The summed E-state index contributed by atoms with van der Waals surface area (Å²) in [5, 5.41) is 2.56. The van der Waals surface area contributed by atoms with Gasteiger partial charge in [0.1, 0.15) is 5.75 Å². The van der Waals surface area contributed by atoms with Gasteiger partial charge in [-0.25, -0.2) is 18.0 Å². The van der Waals surface area contributed by atoms with Crippen LogP contribution in [0.1, 0.15) is 32.7 Å². The number of ether oxygens (including phenoxy) is 3. The van der Waals surface area contributed by atoms with Gasteiger partial charge in [-0.05, 0) is 66.9 Å². The van der Waals surface area contributed by atoms with Crippen LogP contribution in [0.4, 0.5) is 11.4 Å². The van der Waals surface area contributed by atoms with E-state index in [0.717, 1.165) is 18.4 Å². The van der Waals surface area contributed by atoms with E-state index < -0.39 is 34.5 Å². The quantitative estimate of drug-likeness (QED) is 0.432. The number of carbonyl (C=O) groups excluding carboxylic acids is 3. The van der Waals surface area contributed by atoms with Crippen LogP contribution in [-0.2, 0) is 30.7 Å². The average molecular weight is 539 g/mol. The van der Waals surface area contributed by atoms with Crippen LogP contribution in [-0.4, -0.2) is 53.6 Å². The number of hydrogen-bond acceptors (Lipinski definition) is 8. The third kappa shape index (κ3) is 5.78. The summed E-state index contributed by atoms with van der Waals surface area (Å²) in [5.74, 6) is -1.66. The molecule has 1 N–H and O–H groups in total. The summed E-state index contributed by atoms with van der Waals surface area (Å²) < 4.78 is 42.9. The minimum Gasteiger partial charge on any atom is -0.484 e. The Morgan fingerprint density at radius 3 is 2.16 bits per heavy atom. The number of sulfonamides is 1. The number of nitrogens with zero attached hydrogens (tertiary/aromatic N) is 1. The summed E-state index contributed by atoms with van der Waals surface area (Å²) in [6, 6.07) is 17.3. The summed E-state index contributed by atoms with van der Waals surface area (Å²) in [4.78, 5) is 36.4. The van der Waals surface area contributed by atoms with Crippen molar-refractivity contribution in [3.8, 4) is 5.75 Å². The normalized spacial score (nSPS) is 12.7. The second-order valence-electron chi connectivity index (χ2n) is 8.40. The third-order valence-corrected chi connectivity index (χ3v) is 7.74. The van der Waals surface area contributed by atoms with E-state index in [1.807, 2.05) is 18.2 Å². The summed E-state index contributed by atoms with van der Waals surface area (Å²) in [6.07, 6.45) is 1.56. The van der Waals surface area contributed by atoms with Crippen molar-refractivity contribution in [2.45, 2.75) is 17.7 Å². The average Bonchev–Trinajstić information content (AvgIpc) is 2.94. The van der Waals surface area contributed by atoms with Gasteiger partial charge in [-0.3, -0.25) is 9.10 Å². The zero-order chi connectivity index (χ0) is 27.3. The van der Waals surface area contributed by atoms with Gasteiger partial charge in [0.15, 0.2) is 6.61 Å². The molecule has 11 heteroatoms. The lowest BCUT2D eigenvalue weighted by atomic mass is 10.0. The Balaban J connectivity index is 1.42. The van der Waals surface area contributed by atoms with Crippen LogP contribution in [0.15, 0.2) is 71.6 Å². The summed E-state index contributed by atoms with van der Waals surface area (Å²) in [7, 11) is -1.38. The van der Waals surface area contributed by atoms with Crippen LogP contribution < -0.4 is 14.4 Å². The number of esters is 2. The Morgan fingerprint density at radius 2 is 1.53 bits per heavy atom. The number of amides is 1. The molecule has 0 saturated heterocycles. The van der Waals surface area contributed by atoms with E-state index >= 15 is 0 Å². The first-order valence-corrected chi connectivity index (χ1v) is 13.1. The van der Waals surface area contributed by atoms with E-state index in [0.29, 0.717) is 12.2 Å². The van der Waals surface area contributed by atoms with Crippen molar-refractivity contribution in [1.29, 1.82) is 0 Å². The number of carbonyl (C=O) groups is 3. The van der Waals surface area contributed by atoms with Gasteiger partial charge in [-0.2, -0.15) is 0 Å². The number of hydrogen-bond donors (Lipinski definition) is 1. The van der Waals surface area contributed by atoms with Gasteiger partial charge in [0, 0.05) is 12.2 Å². The van der Waals surface area contributed by atoms with Crippen LogP contribution in [0.2, 0.25) is 0 Å². The molecule has 0 saturated carbocycles. The van der Waals surface area contributed by atoms with Crippen molar-refractivity contribution in [3.63, 3.8) is 0 Å². The third-order valence-electron chi connectivity index (χ3n) is 5.91. The van der Waals surface area contributed by atoms with Crippen LogP contribution in [0.5, 0.6) is 5.75 Å². The Morgan fingerprint density at radius 1 is 0.895 bits per heavy atom. The molecule has 1 aliphatic rings. The SMILES string of the molecule is COC(=O)c1cc(NC(=O)COc2ccc(S(=O)(=O)N3CCCc4ccccc43)cc2)cc(C(=O)OC)c1. The van der Waals surface area contributed by atoms with Crippen LogP contribution in [0.3, 0.4) is 0 Å². The lowest BCUT2D eigenvalue weighted by molar-refractivity contribution is -0.118. The summed E-state index contributed by atoms with van der Waals surface area (Å²) in [6.45, 7) is -0.00571. The number of nitrogens with one attached hydrogen (secondary N) is 1. The molecule has 3 aromatic carbocycles. The largest absolute Gasteiger partial charge is 0.484 e. The molecular weight excluding hydrogens is 512 g/mol. The number of rotatable bonds is 8. The van der Waals surface area contributed by atoms with Gasteiger partial charge >= 0.3 is 11.9 Å². The Bertz CT molecular complexity index is 1430. The number of para-hydroxylation sites is 1. The van der Waals surface area contributed by atoms with E-state index in [9.17, 15) is 22.8 Å². The molecule has 0 radical (unpaired) electrons. The number of anilines is 2. The first-order chi connectivity index (χ1) is 18.2. The highest BCUT2D eigenvalue weighted by Gasteiger charge is 2.28. The summed E-state index contributed by atoms with van der Waals surface area (Å²) >= 11 is 0. The highest BCUT2D eigenvalue weighted by molar-refractivity contribution is 7.92. The van der Waals surface area contributed by atoms with Crippen molar-refractivity contribution < 1.29 is 37.0 Å². The van der Waals surface area contributed by atoms with Gasteiger partial charge in [0.25, 0.3) is 15.9 Å². The fourth-order valence-electron chi connectivity index (χ4n) is 4.10. The van der Waals surface area contributed by atoms with Crippen molar-refractivity contribution in [2.75, 3.05) is 37.0 Å². The minimum atomic E-state index is -3.77. The molecule has 1 aliphatic heterocycles. The van der Waals surface area contributed by atoms with Gasteiger partial charge < -0.3 is 19.5 Å². The van der Waals surface area contributed by atoms with E-state index in [1.54, 1.807) is 6.07 Å². The van der Waals surface area contributed by atoms with Crippen molar-refractivity contribution >= 4 is 39.2 Å². The predicted octanol–water partition coefficient (Wildman–Crippen LogP) is 3.42. The van der Waals surface area contributed by atoms with Crippen LogP contribution in [0.25, 0.3) is 0 Å². The number of benzene rings is 3. The molecule has 38 heavy (non-hydrogen) atoms. The first kappa shape index (κ1) is 26.7. The molecule has 0 bridgehead atoms. The molecule has 4 rings (SSSR count). The van der Waals surface area contributed by atoms with E-state index in [2.05, 4.69) is 14.8 Å². The lowest BCUT2D eigenvalue weighted by Gasteiger charge is -2.30. The molecule has 1 amide bonds. The van der Waals surface area contributed by atoms with Crippen molar-refractivity contribution in [2.24, 2.45) is 0 Å². The van der Waals surface area contributed by atoms with Crippen molar-refractivity contribution in [1.82, 2.24) is 0 Å². The van der Waals surface area contributed by atoms with Crippen LogP contribution in [0, 0.1) is 0 Å². The molecular formula is C27H26N2O8S. The zero-order valence-electron chi connectivity index (χ0n) is 20.8. The Kier molecular flexibility index (Phi) is 7.96. The smallest absolute Gasteiger partial charge is 0.337 e. The minimum absolute atomic E-state index is 0.0553. The van der Waals surface area contributed by atoms with E-state index in [-0.39, 0.29) is 27.5 Å². The molecule has 0 atom stereocenters. The number of aryl methyl sites for hydroxylation is 1. The van der Waals surface area contributed by atoms with E-state index in [4.69, 9.17) is 4.74 Å². The molecule has 0 unspecified atom stereocenters. The maximum Gasteiger partial charge on any atom is 0.337 e. The number of fused-ring (bicyclic) bond motifs is 1. The Labute approximate surface area is 220 Å². The fraction of sp³-hybridized carbons (Fsp3) is 0.222. The van der Waals surface area contributed by atoms with E-state index in [1.165, 1.54) is 61.0 Å². The molecule has 0 aliphatic carbocycles. The van der Waals surface area contributed by atoms with Crippen molar-refractivity contribution in [3.05, 3.63) is 83.4 Å². The molecule has 10 nitrogen and oxygen atoms in total. The predicted molar refractivity (Wildman–Crippen MR) is 139 cm³/mol. The van der Waals surface area contributed by atoms with Gasteiger partial charge in [0.2, 0.25) is 0 Å². The van der Waals surface area contributed by atoms with Crippen LogP contribution >= 0.6 is 0 Å². The molecule has 0 aromatic heterocycles. The molecule has 198 valence electrons. The fourth-order valence-corrected chi connectivity index (χ4v) is 5.64. The second-order valence-corrected chi connectivity index (χ2v) is 10.3. The highest BCUT2D eigenvalue weighted by Crippen LogP contribution is 2.32. The maximum absolute atomic E-state index is 13.3. The standard InChI is InChI=1S/C27H26N2O8S/c1-35-26(31)19-14-20(27(32)36-2)16-21(15-19)28-25(30)17-37-22-9-11-23(12-10-22)38(33,34)29-13-5-7-18-6-3-4-8-24(18)29/h3-4,6,8-12,14-16H,5,7,13,17H2,1-2H3,(H,28,30). The topological polar surface area (TPSA) is 128 Å². The molecule has 0 fully saturated rings. The van der Waals surface area contributed by atoms with Gasteiger partial charge in [0.05, 0.1) is 35.9 Å². The zero-order valence-corrected chi connectivity index (χ0v) is 21.6. The van der Waals surface area contributed by atoms with Gasteiger partial charge in [-0.15, -0.1) is 0 Å². The first-order valence-electron chi connectivity index (χ1n) is 11.7. The number of methoxy groups -OCH3 is 2. The Hall–Kier alpha value is -4.38. The second kappa shape index (κ2) is 11.3. The summed E-state index contributed by atoms with van der Waals surface area (Å²) in [5.41, 5.74) is 1.95. The lowest BCUT2D eigenvalue weighted by Crippen LogP contribution is -2.35. The molecule has 0 spiro atoms. The maximum atomic E-state index is 13.3. The molecule has 3 aromatic rings.